The zero-order valence-electron chi connectivity index (χ0n) is 3.70. The van der Waals surface area contributed by atoms with E-state index in [0.29, 0.717) is 12.0 Å². The van der Waals surface area contributed by atoms with E-state index >= 15 is 0 Å². The molecule has 0 aliphatic carbocycles. The van der Waals surface area contributed by atoms with E-state index in [2.05, 4.69) is 9.37 Å². The summed E-state index contributed by atoms with van der Waals surface area (Å²) in [6.07, 6.45) is 0. The maximum atomic E-state index is 9.62. The van der Waals surface area contributed by atoms with E-state index in [0.717, 1.165) is 0 Å². The smallest absolute Gasteiger partial charge is 0.315 e. The molecule has 8 heavy (non-hydrogen) atoms. The minimum absolute atomic E-state index is 0.303. The molecule has 0 heterocycles. The first-order valence-corrected chi connectivity index (χ1v) is 2.48. The van der Waals surface area contributed by atoms with Gasteiger partial charge in [-0.25, -0.2) is 0 Å². The van der Waals surface area contributed by atoms with E-state index in [9.17, 15) is 4.79 Å². The lowest BCUT2D eigenvalue weighted by Gasteiger charge is -1.99. The third-order valence-corrected chi connectivity index (χ3v) is 0.775. The van der Waals surface area contributed by atoms with Crippen molar-refractivity contribution in [2.24, 2.45) is 0 Å². The Morgan fingerprint density at radius 1 is 1.88 bits per heavy atom. The standard InChI is InChI=1S/C2H4O5S/c3-2(4)1-8-7-6-5/h5H,1H2,(H,3,4)/p-1. The minimum Gasteiger partial charge on any atom is -0.691 e. The Bertz CT molecular complexity index is 72.8. The molecule has 0 aromatic heterocycles. The van der Waals surface area contributed by atoms with Gasteiger partial charge in [-0.15, -0.1) is 0 Å². The first-order chi connectivity index (χ1) is 3.77. The van der Waals surface area contributed by atoms with Crippen LogP contribution in [0.3, 0.4) is 0 Å². The van der Waals surface area contributed by atoms with Crippen LogP contribution < -0.4 is 5.26 Å². The molecule has 0 fully saturated rings. The van der Waals surface area contributed by atoms with Gasteiger partial charge in [0.2, 0.25) is 0 Å². The molecule has 0 saturated carbocycles. The molecule has 5 nitrogen and oxygen atoms in total. The van der Waals surface area contributed by atoms with Crippen LogP contribution in [0.15, 0.2) is 0 Å². The predicted molar refractivity (Wildman–Crippen MR) is 22.3 cm³/mol. The van der Waals surface area contributed by atoms with Crippen molar-refractivity contribution in [2.75, 3.05) is 5.75 Å². The van der Waals surface area contributed by atoms with Crippen molar-refractivity contribution >= 4 is 18.0 Å². The largest absolute Gasteiger partial charge is 0.691 e. The van der Waals surface area contributed by atoms with Crippen molar-refractivity contribution < 1.29 is 24.5 Å². The van der Waals surface area contributed by atoms with E-state index in [1.54, 1.807) is 0 Å². The Kier molecular flexibility index (Phi) is 4.67. The van der Waals surface area contributed by atoms with Gasteiger partial charge < -0.3 is 10.4 Å². The molecular formula is C2H3O5S-. The maximum Gasteiger partial charge on any atom is 0.315 e. The van der Waals surface area contributed by atoms with Crippen LogP contribution in [-0.2, 0) is 14.2 Å². The van der Waals surface area contributed by atoms with E-state index in [-0.39, 0.29) is 5.75 Å². The number of aliphatic carboxylic acids is 1. The lowest BCUT2D eigenvalue weighted by atomic mass is 10.8. The highest BCUT2D eigenvalue weighted by Crippen LogP contribution is 1.98. The molecule has 6 heteroatoms. The molecule has 0 amide bonds. The van der Waals surface area contributed by atoms with E-state index in [1.165, 1.54) is 0 Å². The third-order valence-electron chi connectivity index (χ3n) is 0.258. The topological polar surface area (TPSA) is 78.8 Å². The Balaban J connectivity index is 2.82. The van der Waals surface area contributed by atoms with Gasteiger partial charge in [0.05, 0.1) is 0 Å². The van der Waals surface area contributed by atoms with Gasteiger partial charge in [-0.3, -0.25) is 9.83 Å². The van der Waals surface area contributed by atoms with Crippen LogP contribution in [0.4, 0.5) is 0 Å². The van der Waals surface area contributed by atoms with Crippen LogP contribution in [0.2, 0.25) is 0 Å². The second-order valence-electron chi connectivity index (χ2n) is 0.792. The first-order valence-electron chi connectivity index (χ1n) is 1.57. The molecule has 0 unspecified atom stereocenters. The quantitative estimate of drug-likeness (QED) is 0.231. The van der Waals surface area contributed by atoms with Gasteiger partial charge in [-0.1, -0.05) is 0 Å². The van der Waals surface area contributed by atoms with Crippen molar-refractivity contribution in [3.63, 3.8) is 0 Å². The van der Waals surface area contributed by atoms with Gasteiger partial charge in [0.25, 0.3) is 0 Å². The number of rotatable bonds is 4. The van der Waals surface area contributed by atoms with Crippen LogP contribution in [0.1, 0.15) is 0 Å². The van der Waals surface area contributed by atoms with Crippen molar-refractivity contribution in [1.29, 1.82) is 0 Å². The average molecular weight is 139 g/mol. The molecule has 0 bridgehead atoms. The molecule has 0 aliphatic rings. The number of carboxylic acids is 1. The second-order valence-corrected chi connectivity index (χ2v) is 1.45. The Labute approximate surface area is 49.3 Å². The summed E-state index contributed by atoms with van der Waals surface area (Å²) in [5.74, 6) is -1.37. The van der Waals surface area contributed by atoms with Crippen LogP contribution in [-0.4, -0.2) is 16.8 Å². The second kappa shape index (κ2) is 4.85. The Hall–Kier alpha value is -0.300. The van der Waals surface area contributed by atoms with Crippen LogP contribution in [0, 0.1) is 0 Å². The fourth-order valence-electron chi connectivity index (χ4n) is 0.0941. The van der Waals surface area contributed by atoms with Crippen molar-refractivity contribution in [3.05, 3.63) is 0 Å². The van der Waals surface area contributed by atoms with Gasteiger partial charge >= 0.3 is 5.97 Å². The maximum absolute atomic E-state index is 9.62. The van der Waals surface area contributed by atoms with Gasteiger partial charge in [-0.05, 0) is 0 Å². The van der Waals surface area contributed by atoms with E-state index in [4.69, 9.17) is 10.4 Å². The summed E-state index contributed by atoms with van der Waals surface area (Å²) >= 11 is 0.427. The van der Waals surface area contributed by atoms with Gasteiger partial charge in [0, 0.05) is 12.0 Å². The molecule has 0 radical (unpaired) electrons. The molecular weight excluding hydrogens is 136 g/mol. The highest BCUT2D eigenvalue weighted by molar-refractivity contribution is 7.95. The van der Waals surface area contributed by atoms with Crippen molar-refractivity contribution in [3.8, 4) is 0 Å². The highest BCUT2D eigenvalue weighted by atomic mass is 32.2. The Morgan fingerprint density at radius 3 is 2.88 bits per heavy atom. The molecule has 1 N–H and O–H groups in total. The number of hydrogen-bond donors (Lipinski definition) is 1. The van der Waals surface area contributed by atoms with E-state index < -0.39 is 5.97 Å². The van der Waals surface area contributed by atoms with Gasteiger partial charge in [0.15, 0.2) is 0 Å². The average Bonchev–Trinajstić information content (AvgIpc) is 1.66. The van der Waals surface area contributed by atoms with Gasteiger partial charge in [0.1, 0.15) is 5.75 Å². The number of carboxylic acid groups (broad SMARTS) is 1. The molecule has 0 saturated heterocycles. The van der Waals surface area contributed by atoms with Crippen LogP contribution >= 0.6 is 12.0 Å². The summed E-state index contributed by atoms with van der Waals surface area (Å²) in [5.41, 5.74) is 0. The van der Waals surface area contributed by atoms with E-state index in [1.807, 2.05) is 0 Å². The predicted octanol–water partition coefficient (Wildman–Crippen LogP) is -1.06. The number of hydrogen-bond acceptors (Lipinski definition) is 5. The molecule has 0 aliphatic heterocycles. The monoisotopic (exact) mass is 139 g/mol. The normalized spacial score (nSPS) is 9.12. The van der Waals surface area contributed by atoms with Crippen molar-refractivity contribution in [2.45, 2.75) is 0 Å². The highest BCUT2D eigenvalue weighted by Gasteiger charge is 1.94. The summed E-state index contributed by atoms with van der Waals surface area (Å²) in [6.45, 7) is 0. The molecule has 0 aromatic carbocycles. The zero-order valence-corrected chi connectivity index (χ0v) is 4.51. The number of carbonyl (C=O) groups is 1. The molecule has 48 valence electrons. The van der Waals surface area contributed by atoms with Crippen molar-refractivity contribution in [1.82, 2.24) is 0 Å². The molecule has 0 atom stereocenters. The first kappa shape index (κ1) is 7.70. The summed E-state index contributed by atoms with van der Waals surface area (Å²) < 4.78 is 3.62. The third kappa shape index (κ3) is 5.70. The molecule has 0 aromatic rings. The fourth-order valence-corrected chi connectivity index (χ4v) is 0.282. The van der Waals surface area contributed by atoms with Gasteiger partial charge in [-0.2, -0.15) is 4.33 Å². The Morgan fingerprint density at radius 2 is 2.50 bits per heavy atom. The minimum atomic E-state index is -1.06. The summed E-state index contributed by atoms with van der Waals surface area (Å²) in [5, 5.41) is 19.7. The summed E-state index contributed by atoms with van der Waals surface area (Å²) in [6, 6.07) is 0. The van der Waals surface area contributed by atoms with Crippen LogP contribution in [0.5, 0.6) is 0 Å². The van der Waals surface area contributed by atoms with Crippen LogP contribution in [0.25, 0.3) is 0 Å². The molecule has 0 rings (SSSR count). The summed E-state index contributed by atoms with van der Waals surface area (Å²) in [4.78, 5) is 9.62. The summed E-state index contributed by atoms with van der Waals surface area (Å²) in [7, 11) is 0. The lowest BCUT2D eigenvalue weighted by molar-refractivity contribution is -0.777. The fraction of sp³-hybridized carbons (Fsp3) is 0.500. The SMILES string of the molecule is O=C(O)CSOO[O-]. The zero-order chi connectivity index (χ0) is 6.41. The lowest BCUT2D eigenvalue weighted by Crippen LogP contribution is -2.04. The molecule has 0 spiro atoms.